The molecule has 176 valence electrons. The van der Waals surface area contributed by atoms with Gasteiger partial charge in [-0.3, -0.25) is 4.79 Å². The van der Waals surface area contributed by atoms with Crippen molar-refractivity contribution in [1.82, 2.24) is 10.2 Å². The molecular formula is C30H28N2O3. The summed E-state index contributed by atoms with van der Waals surface area (Å²) in [7, 11) is 0. The van der Waals surface area contributed by atoms with Gasteiger partial charge in [-0.2, -0.15) is 0 Å². The van der Waals surface area contributed by atoms with Crippen LogP contribution in [0.15, 0.2) is 84.4 Å². The Labute approximate surface area is 205 Å². The van der Waals surface area contributed by atoms with Crippen LogP contribution >= 0.6 is 0 Å². The summed E-state index contributed by atoms with van der Waals surface area (Å²) in [6.07, 6.45) is 5.40. The van der Waals surface area contributed by atoms with Crippen LogP contribution in [0.25, 0.3) is 17.7 Å². The van der Waals surface area contributed by atoms with Gasteiger partial charge in [-0.25, -0.2) is 4.79 Å². The van der Waals surface area contributed by atoms with Crippen molar-refractivity contribution in [3.8, 4) is 0 Å². The second-order valence-electron chi connectivity index (χ2n) is 8.78. The molecule has 3 aromatic carbocycles. The van der Waals surface area contributed by atoms with Crippen molar-refractivity contribution in [1.29, 1.82) is 0 Å². The number of carbonyl (C=O) groups excluding carboxylic acids is 2. The number of benzene rings is 3. The highest BCUT2D eigenvalue weighted by Gasteiger charge is 2.24. The third-order valence-electron chi connectivity index (χ3n) is 6.57. The molecule has 5 nitrogen and oxygen atoms in total. The van der Waals surface area contributed by atoms with E-state index < -0.39 is 6.09 Å². The minimum absolute atomic E-state index is 0.0604. The van der Waals surface area contributed by atoms with Crippen molar-refractivity contribution in [3.63, 3.8) is 0 Å². The summed E-state index contributed by atoms with van der Waals surface area (Å²) in [6, 6.07) is 26.5. The average molecular weight is 465 g/mol. The van der Waals surface area contributed by atoms with Crippen LogP contribution in [0.4, 0.5) is 4.79 Å². The molecule has 1 fully saturated rings. The molecule has 5 heteroatoms. The lowest BCUT2D eigenvalue weighted by atomic mass is 9.86. The molecule has 0 atom stereocenters. The Kier molecular flexibility index (Phi) is 6.75. The Hall–Kier alpha value is -4.12. The standard InChI is InChI=1S/C30H28N2O3/c33-28(20-31-30(34)35-21-22-8-2-1-3-9-22)32-18-16-25(17-19-32)29-26-12-6-4-10-23(26)14-15-24-11-5-7-13-27(24)29/h1-15H,16-21H2,(H,31,34). The zero-order valence-corrected chi connectivity index (χ0v) is 19.6. The first kappa shape index (κ1) is 22.7. The van der Waals surface area contributed by atoms with Gasteiger partial charge in [-0.15, -0.1) is 0 Å². The molecule has 35 heavy (non-hydrogen) atoms. The second kappa shape index (κ2) is 10.4. The van der Waals surface area contributed by atoms with Crippen LogP contribution in [-0.4, -0.2) is 36.5 Å². The molecule has 2 aliphatic rings. The van der Waals surface area contributed by atoms with E-state index in [0.29, 0.717) is 13.1 Å². The van der Waals surface area contributed by atoms with Crippen LogP contribution < -0.4 is 5.32 Å². The number of alkyl carbamates (subject to hydrolysis) is 1. The van der Waals surface area contributed by atoms with Crippen molar-refractivity contribution in [2.45, 2.75) is 19.4 Å². The van der Waals surface area contributed by atoms with Gasteiger partial charge in [0.15, 0.2) is 0 Å². The zero-order chi connectivity index (χ0) is 24.0. The van der Waals surface area contributed by atoms with Crippen molar-refractivity contribution in [3.05, 3.63) is 112 Å². The van der Waals surface area contributed by atoms with Crippen LogP contribution in [0.1, 0.15) is 40.7 Å². The fourth-order valence-corrected chi connectivity index (χ4v) is 4.76. The molecule has 2 amide bonds. The zero-order valence-electron chi connectivity index (χ0n) is 19.6. The molecule has 1 heterocycles. The molecule has 0 saturated carbocycles. The van der Waals surface area contributed by atoms with E-state index in [1.807, 2.05) is 35.2 Å². The highest BCUT2D eigenvalue weighted by Crippen LogP contribution is 2.38. The third kappa shape index (κ3) is 5.19. The van der Waals surface area contributed by atoms with Gasteiger partial charge >= 0.3 is 6.09 Å². The lowest BCUT2D eigenvalue weighted by molar-refractivity contribution is -0.130. The number of nitrogens with one attached hydrogen (secondary N) is 1. The highest BCUT2D eigenvalue weighted by atomic mass is 16.5. The van der Waals surface area contributed by atoms with Crippen molar-refractivity contribution in [2.24, 2.45) is 0 Å². The minimum Gasteiger partial charge on any atom is -0.445 e. The summed E-state index contributed by atoms with van der Waals surface area (Å²) in [6.45, 7) is 1.39. The third-order valence-corrected chi connectivity index (χ3v) is 6.57. The lowest BCUT2D eigenvalue weighted by Gasteiger charge is -2.30. The van der Waals surface area contributed by atoms with E-state index in [0.717, 1.165) is 18.4 Å². The number of nitrogens with zero attached hydrogens (tertiary/aromatic N) is 1. The molecule has 0 spiro atoms. The number of likely N-dealkylation sites (tertiary alicyclic amines) is 1. The van der Waals surface area contributed by atoms with E-state index in [-0.39, 0.29) is 19.1 Å². The quantitative estimate of drug-likeness (QED) is 0.433. The fraction of sp³-hybridized carbons (Fsp3) is 0.200. The molecule has 1 aliphatic carbocycles. The molecular weight excluding hydrogens is 436 g/mol. The molecule has 1 saturated heterocycles. The van der Waals surface area contributed by atoms with Crippen molar-refractivity contribution in [2.75, 3.05) is 19.6 Å². The van der Waals surface area contributed by atoms with Crippen molar-refractivity contribution >= 4 is 29.7 Å². The minimum atomic E-state index is -0.582. The van der Waals surface area contributed by atoms with Gasteiger partial charge in [-0.1, -0.05) is 96.6 Å². The Balaban J connectivity index is 1.23. The SMILES string of the molecule is O=C(NCC(=O)N1CCC(=C2c3ccccc3C=Cc3ccccc32)CC1)OCc1ccccc1. The molecule has 0 radical (unpaired) electrons. The molecule has 0 aromatic heterocycles. The first-order chi connectivity index (χ1) is 17.2. The number of hydrogen-bond acceptors (Lipinski definition) is 3. The fourth-order valence-electron chi connectivity index (χ4n) is 4.76. The van der Waals surface area contributed by atoms with Gasteiger partial charge in [0.1, 0.15) is 13.2 Å². The van der Waals surface area contributed by atoms with E-state index in [4.69, 9.17) is 4.74 Å². The van der Waals surface area contributed by atoms with E-state index in [1.165, 1.54) is 33.4 Å². The maximum Gasteiger partial charge on any atom is 0.407 e. The average Bonchev–Trinajstić information content (AvgIpc) is 3.08. The van der Waals surface area contributed by atoms with Crippen LogP contribution in [-0.2, 0) is 16.1 Å². The predicted octanol–water partition coefficient (Wildman–Crippen LogP) is 5.52. The van der Waals surface area contributed by atoms with Gasteiger partial charge < -0.3 is 15.0 Å². The van der Waals surface area contributed by atoms with Crippen LogP contribution in [0, 0.1) is 0 Å². The maximum absolute atomic E-state index is 12.7. The van der Waals surface area contributed by atoms with Gasteiger partial charge in [0.25, 0.3) is 0 Å². The number of amides is 2. The van der Waals surface area contributed by atoms with E-state index in [2.05, 4.69) is 66.0 Å². The Morgan fingerprint density at radius 3 is 1.97 bits per heavy atom. The van der Waals surface area contributed by atoms with Crippen molar-refractivity contribution < 1.29 is 14.3 Å². The molecule has 1 N–H and O–H groups in total. The summed E-state index contributed by atoms with van der Waals surface area (Å²) in [5.41, 5.74) is 8.47. The summed E-state index contributed by atoms with van der Waals surface area (Å²) in [5.74, 6) is -0.0888. The Bertz CT molecular complexity index is 1230. The lowest BCUT2D eigenvalue weighted by Crippen LogP contribution is -2.43. The number of carbonyl (C=O) groups is 2. The maximum atomic E-state index is 12.7. The van der Waals surface area contributed by atoms with Crippen LogP contribution in [0.3, 0.4) is 0 Å². The number of ether oxygens (including phenoxy) is 1. The Morgan fingerprint density at radius 2 is 1.34 bits per heavy atom. The molecule has 0 bridgehead atoms. The smallest absolute Gasteiger partial charge is 0.407 e. The number of rotatable bonds is 4. The highest BCUT2D eigenvalue weighted by molar-refractivity contribution is 5.95. The predicted molar refractivity (Wildman–Crippen MR) is 138 cm³/mol. The molecule has 0 unspecified atom stereocenters. The van der Waals surface area contributed by atoms with E-state index >= 15 is 0 Å². The molecule has 5 rings (SSSR count). The molecule has 1 aliphatic heterocycles. The van der Waals surface area contributed by atoms with Gasteiger partial charge in [-0.05, 0) is 46.2 Å². The van der Waals surface area contributed by atoms with Gasteiger partial charge in [0.2, 0.25) is 5.91 Å². The number of fused-ring (bicyclic) bond motifs is 2. The topological polar surface area (TPSA) is 58.6 Å². The summed E-state index contributed by atoms with van der Waals surface area (Å²) in [5, 5.41) is 2.59. The Morgan fingerprint density at radius 1 is 0.771 bits per heavy atom. The number of piperidine rings is 1. The van der Waals surface area contributed by atoms with Gasteiger partial charge in [0.05, 0.1) is 0 Å². The van der Waals surface area contributed by atoms with E-state index in [9.17, 15) is 9.59 Å². The van der Waals surface area contributed by atoms with E-state index in [1.54, 1.807) is 0 Å². The largest absolute Gasteiger partial charge is 0.445 e. The monoisotopic (exact) mass is 464 g/mol. The summed E-state index contributed by atoms with van der Waals surface area (Å²) < 4.78 is 5.21. The first-order valence-electron chi connectivity index (χ1n) is 12.0. The normalized spacial score (nSPS) is 14.6. The molecule has 3 aromatic rings. The van der Waals surface area contributed by atoms with Gasteiger partial charge in [0, 0.05) is 13.1 Å². The van der Waals surface area contributed by atoms with Crippen LogP contribution in [0.5, 0.6) is 0 Å². The summed E-state index contributed by atoms with van der Waals surface area (Å²) in [4.78, 5) is 26.6. The summed E-state index contributed by atoms with van der Waals surface area (Å²) >= 11 is 0. The second-order valence-corrected chi connectivity index (χ2v) is 8.78. The van der Waals surface area contributed by atoms with Crippen LogP contribution in [0.2, 0.25) is 0 Å². The number of hydrogen-bond donors (Lipinski definition) is 1. The first-order valence-corrected chi connectivity index (χ1v) is 12.0.